The van der Waals surface area contributed by atoms with Crippen LogP contribution < -0.4 is 16.0 Å². The molecule has 6 nitrogen and oxygen atoms in total. The van der Waals surface area contributed by atoms with Gasteiger partial charge >= 0.3 is 0 Å². The van der Waals surface area contributed by atoms with Crippen LogP contribution in [0.5, 0.6) is 0 Å². The molecule has 7 heteroatoms. The van der Waals surface area contributed by atoms with Gasteiger partial charge in [-0.3, -0.25) is 20.4 Å². The van der Waals surface area contributed by atoms with Gasteiger partial charge in [-0.15, -0.1) is 11.3 Å². The number of hydrogen-bond donors (Lipinski definition) is 2. The molecule has 1 aromatic rings. The summed E-state index contributed by atoms with van der Waals surface area (Å²) in [5.74, 6) is -2.89. The van der Waals surface area contributed by atoms with Crippen molar-refractivity contribution in [2.45, 2.75) is 39.0 Å². The van der Waals surface area contributed by atoms with Crippen LogP contribution in [0, 0.1) is 23.7 Å². The second-order valence-corrected chi connectivity index (χ2v) is 7.98. The minimum atomic E-state index is -1.16. The third-order valence-electron chi connectivity index (χ3n) is 5.24. The van der Waals surface area contributed by atoms with Crippen LogP contribution in [0.2, 0.25) is 0 Å². The molecule has 0 aliphatic heterocycles. The highest BCUT2D eigenvalue weighted by atomic mass is 32.1. The second-order valence-electron chi connectivity index (χ2n) is 7.04. The maximum absolute atomic E-state index is 12.4. The third-order valence-corrected chi connectivity index (χ3v) is 6.47. The van der Waals surface area contributed by atoms with Gasteiger partial charge in [0.2, 0.25) is 5.91 Å². The molecule has 0 unspecified atom stereocenters. The Labute approximate surface area is 144 Å². The molecule has 0 radical (unpaired) electrons. The molecule has 3 rings (SSSR count). The summed E-state index contributed by atoms with van der Waals surface area (Å²) >= 11 is 1.50. The largest absolute Gasteiger partial charge is 0.550 e. The number of carbonyl (C=O) groups is 3. The first kappa shape index (κ1) is 17.0. The Morgan fingerprint density at radius 2 is 1.83 bits per heavy atom. The van der Waals surface area contributed by atoms with Crippen LogP contribution in [0.15, 0.2) is 11.4 Å². The van der Waals surface area contributed by atoms with Crippen LogP contribution in [0.4, 0.5) is 0 Å². The predicted molar refractivity (Wildman–Crippen MR) is 86.8 cm³/mol. The smallest absolute Gasteiger partial charge is 0.270 e. The molecule has 0 spiro atoms. The molecule has 0 aromatic carbocycles. The van der Waals surface area contributed by atoms with Crippen molar-refractivity contribution in [2.75, 3.05) is 0 Å². The summed E-state index contributed by atoms with van der Waals surface area (Å²) in [4.78, 5) is 37.0. The highest BCUT2D eigenvalue weighted by Gasteiger charge is 2.51. The number of rotatable bonds is 4. The van der Waals surface area contributed by atoms with E-state index in [1.54, 1.807) is 11.4 Å². The number of thiophene rings is 1. The summed E-state index contributed by atoms with van der Waals surface area (Å²) in [6, 6.07) is 1.80. The number of amides is 2. The fraction of sp³-hybridized carbons (Fsp3) is 0.588. The average Bonchev–Trinajstić information content (AvgIpc) is 3.25. The minimum absolute atomic E-state index is 0.0249. The van der Waals surface area contributed by atoms with Crippen LogP contribution in [0.25, 0.3) is 0 Å². The summed E-state index contributed by atoms with van der Waals surface area (Å²) < 4.78 is 0. The van der Waals surface area contributed by atoms with Crippen LogP contribution in [-0.2, 0) is 9.59 Å². The number of hydrogen-bond acceptors (Lipinski definition) is 5. The fourth-order valence-corrected chi connectivity index (χ4v) is 4.96. The Morgan fingerprint density at radius 1 is 1.17 bits per heavy atom. The number of hydrazine groups is 1. The molecule has 1 heterocycles. The number of fused-ring (bicyclic) bond motifs is 2. The van der Waals surface area contributed by atoms with E-state index in [4.69, 9.17) is 0 Å². The Morgan fingerprint density at radius 3 is 2.42 bits per heavy atom. The van der Waals surface area contributed by atoms with Crippen molar-refractivity contribution in [3.8, 4) is 0 Å². The van der Waals surface area contributed by atoms with Crippen LogP contribution >= 0.6 is 11.3 Å². The SMILES string of the molecule is CC(C)c1cc(C(=O)NNC(=O)[C@@H]2[C@@H]3CC[C@@H](C3)[C@@H]2C(=O)[O-])cs1. The van der Waals surface area contributed by atoms with Crippen molar-refractivity contribution < 1.29 is 19.5 Å². The molecule has 4 atom stereocenters. The van der Waals surface area contributed by atoms with Crippen molar-refractivity contribution >= 4 is 29.1 Å². The molecule has 2 amide bonds. The molecule has 2 saturated carbocycles. The second kappa shape index (κ2) is 6.55. The highest BCUT2D eigenvalue weighted by molar-refractivity contribution is 7.10. The van der Waals surface area contributed by atoms with Crippen molar-refractivity contribution in [1.29, 1.82) is 0 Å². The van der Waals surface area contributed by atoms with E-state index in [1.165, 1.54) is 11.3 Å². The van der Waals surface area contributed by atoms with Crippen LogP contribution in [-0.4, -0.2) is 17.8 Å². The molecule has 24 heavy (non-hydrogen) atoms. The van der Waals surface area contributed by atoms with Gasteiger partial charge in [0.25, 0.3) is 5.91 Å². The lowest BCUT2D eigenvalue weighted by Gasteiger charge is -2.30. The van der Waals surface area contributed by atoms with Gasteiger partial charge in [0.1, 0.15) is 0 Å². The predicted octanol–water partition coefficient (Wildman–Crippen LogP) is 1.04. The van der Waals surface area contributed by atoms with E-state index < -0.39 is 23.7 Å². The Kier molecular flexibility index (Phi) is 4.62. The highest BCUT2D eigenvalue weighted by Crippen LogP contribution is 2.52. The van der Waals surface area contributed by atoms with E-state index in [0.29, 0.717) is 11.5 Å². The lowest BCUT2D eigenvalue weighted by atomic mass is 9.79. The van der Waals surface area contributed by atoms with Crippen molar-refractivity contribution in [1.82, 2.24) is 10.9 Å². The van der Waals surface area contributed by atoms with E-state index in [0.717, 1.165) is 24.1 Å². The number of aliphatic carboxylic acids is 1. The fourth-order valence-electron chi connectivity index (χ4n) is 4.06. The van der Waals surface area contributed by atoms with Crippen LogP contribution in [0.3, 0.4) is 0 Å². The zero-order valence-electron chi connectivity index (χ0n) is 13.7. The maximum atomic E-state index is 12.4. The average molecular weight is 349 g/mol. The molecular formula is C17H21N2O4S-. The number of carboxylic acids is 1. The summed E-state index contributed by atoms with van der Waals surface area (Å²) in [5.41, 5.74) is 5.30. The molecule has 130 valence electrons. The Bertz CT molecular complexity index is 669. The monoisotopic (exact) mass is 349 g/mol. The van der Waals surface area contributed by atoms with E-state index in [9.17, 15) is 19.5 Å². The minimum Gasteiger partial charge on any atom is -0.550 e. The lowest BCUT2D eigenvalue weighted by Crippen LogP contribution is -2.50. The first-order chi connectivity index (χ1) is 11.4. The Balaban J connectivity index is 1.60. The van der Waals surface area contributed by atoms with Gasteiger partial charge in [0.15, 0.2) is 0 Å². The number of carboxylic acid groups (broad SMARTS) is 1. The molecule has 1 aromatic heterocycles. The maximum Gasteiger partial charge on any atom is 0.270 e. The van der Waals surface area contributed by atoms with Gasteiger partial charge in [-0.1, -0.05) is 13.8 Å². The summed E-state index contributed by atoms with van der Waals surface area (Å²) in [6.45, 7) is 4.09. The number of nitrogens with one attached hydrogen (secondary N) is 2. The standard InChI is InChI=1S/C17H22N2O4S/c1-8(2)12-6-11(7-24-12)15(20)18-19-16(21)13-9-3-4-10(5-9)14(13)17(22)23/h6-10,13-14H,3-5H2,1-2H3,(H,18,20)(H,19,21)(H,22,23)/p-1/t9-,10+,13-,14+/m1/s1. The molecule has 0 saturated heterocycles. The van der Waals surface area contributed by atoms with Gasteiger partial charge in [0.05, 0.1) is 11.5 Å². The molecule has 2 aliphatic carbocycles. The molecule has 2 fully saturated rings. The zero-order valence-corrected chi connectivity index (χ0v) is 14.5. The van der Waals surface area contributed by atoms with Crippen molar-refractivity contribution in [3.63, 3.8) is 0 Å². The van der Waals surface area contributed by atoms with Crippen LogP contribution in [0.1, 0.15) is 54.3 Å². The Hall–Kier alpha value is -1.89. The normalized spacial score (nSPS) is 28.1. The van der Waals surface area contributed by atoms with E-state index in [-0.39, 0.29) is 17.7 Å². The van der Waals surface area contributed by atoms with E-state index in [1.807, 2.05) is 13.8 Å². The summed E-state index contributed by atoms with van der Waals surface area (Å²) in [6.07, 6.45) is 2.46. The molecule has 2 N–H and O–H groups in total. The third kappa shape index (κ3) is 3.05. The molecular weight excluding hydrogens is 328 g/mol. The van der Waals surface area contributed by atoms with Gasteiger partial charge in [-0.25, -0.2) is 0 Å². The van der Waals surface area contributed by atoms with E-state index >= 15 is 0 Å². The molecule has 2 aliphatic rings. The topological polar surface area (TPSA) is 98.3 Å². The summed E-state index contributed by atoms with van der Waals surface area (Å²) in [5, 5.41) is 13.1. The summed E-state index contributed by atoms with van der Waals surface area (Å²) in [7, 11) is 0. The lowest BCUT2D eigenvalue weighted by molar-refractivity contribution is -0.314. The van der Waals surface area contributed by atoms with Gasteiger partial charge in [-0.05, 0) is 43.1 Å². The molecule has 2 bridgehead atoms. The van der Waals surface area contributed by atoms with Crippen molar-refractivity contribution in [3.05, 3.63) is 21.9 Å². The van der Waals surface area contributed by atoms with E-state index in [2.05, 4.69) is 10.9 Å². The quantitative estimate of drug-likeness (QED) is 0.794. The first-order valence-electron chi connectivity index (χ1n) is 8.28. The van der Waals surface area contributed by atoms with Crippen molar-refractivity contribution in [2.24, 2.45) is 23.7 Å². The first-order valence-corrected chi connectivity index (χ1v) is 9.16. The zero-order chi connectivity index (χ0) is 17.4. The van der Waals surface area contributed by atoms with Gasteiger partial charge in [-0.2, -0.15) is 0 Å². The van der Waals surface area contributed by atoms with Gasteiger partial charge in [0, 0.05) is 22.1 Å². The number of carbonyl (C=O) groups excluding carboxylic acids is 3. The van der Waals surface area contributed by atoms with Gasteiger partial charge < -0.3 is 9.90 Å².